The maximum atomic E-state index is 9.45. The van der Waals surface area contributed by atoms with Crippen LogP contribution in [0.25, 0.3) is 0 Å². The molecule has 1 fully saturated rings. The first-order valence-corrected chi connectivity index (χ1v) is 6.43. The summed E-state index contributed by atoms with van der Waals surface area (Å²) < 4.78 is 0. The summed E-state index contributed by atoms with van der Waals surface area (Å²) in [6.45, 7) is 2.94. The Morgan fingerprint density at radius 1 is 1.24 bits per heavy atom. The number of rotatable bonds is 4. The molecule has 17 heavy (non-hydrogen) atoms. The first kappa shape index (κ1) is 12.2. The number of aliphatic hydroxyl groups is 1. The lowest BCUT2D eigenvalue weighted by Gasteiger charge is -2.26. The van der Waals surface area contributed by atoms with E-state index in [9.17, 15) is 5.11 Å². The second-order valence-corrected chi connectivity index (χ2v) is 4.59. The van der Waals surface area contributed by atoms with Crippen LogP contribution in [-0.4, -0.2) is 28.8 Å². The molecule has 0 aliphatic heterocycles. The van der Waals surface area contributed by atoms with Crippen molar-refractivity contribution < 1.29 is 5.11 Å². The molecule has 0 atom stereocenters. The van der Waals surface area contributed by atoms with E-state index in [0.717, 1.165) is 43.9 Å². The maximum absolute atomic E-state index is 9.45. The van der Waals surface area contributed by atoms with Crippen LogP contribution in [0.5, 0.6) is 0 Å². The van der Waals surface area contributed by atoms with E-state index in [1.807, 2.05) is 18.2 Å². The Kier molecular flexibility index (Phi) is 4.20. The van der Waals surface area contributed by atoms with Gasteiger partial charge in [-0.15, -0.1) is 0 Å². The van der Waals surface area contributed by atoms with Gasteiger partial charge in [-0.25, -0.2) is 4.98 Å². The summed E-state index contributed by atoms with van der Waals surface area (Å²) in [5.41, 5.74) is 0. The first-order valence-electron chi connectivity index (χ1n) is 6.43. The summed E-state index contributed by atoms with van der Waals surface area (Å²) >= 11 is 0. The van der Waals surface area contributed by atoms with Gasteiger partial charge in [0.2, 0.25) is 0 Å². The molecule has 3 N–H and O–H groups in total. The normalized spacial score (nSPS) is 24.4. The van der Waals surface area contributed by atoms with E-state index < -0.39 is 0 Å². The molecule has 4 heteroatoms. The lowest BCUT2D eigenvalue weighted by atomic mass is 9.93. The fourth-order valence-electron chi connectivity index (χ4n) is 2.22. The zero-order chi connectivity index (χ0) is 12.1. The number of anilines is 2. The summed E-state index contributed by atoms with van der Waals surface area (Å²) in [4.78, 5) is 4.49. The van der Waals surface area contributed by atoms with E-state index in [1.54, 1.807) is 0 Å². The maximum Gasteiger partial charge on any atom is 0.128 e. The minimum absolute atomic E-state index is 0.103. The number of hydrogen-bond donors (Lipinski definition) is 3. The van der Waals surface area contributed by atoms with Gasteiger partial charge in [-0.3, -0.25) is 0 Å². The zero-order valence-corrected chi connectivity index (χ0v) is 10.3. The van der Waals surface area contributed by atoms with Gasteiger partial charge >= 0.3 is 0 Å². The summed E-state index contributed by atoms with van der Waals surface area (Å²) in [5.74, 6) is 1.83. The van der Waals surface area contributed by atoms with Gasteiger partial charge in [-0.05, 0) is 44.7 Å². The van der Waals surface area contributed by atoms with Gasteiger partial charge in [-0.1, -0.05) is 6.07 Å². The third kappa shape index (κ3) is 3.60. The number of nitrogens with zero attached hydrogens (tertiary/aromatic N) is 1. The van der Waals surface area contributed by atoms with Crippen LogP contribution in [0.4, 0.5) is 11.6 Å². The SMILES string of the molecule is CCNc1cccc(NC2CCC(O)CC2)n1. The average molecular weight is 235 g/mol. The number of pyridine rings is 1. The monoisotopic (exact) mass is 235 g/mol. The molecule has 4 nitrogen and oxygen atoms in total. The standard InChI is InChI=1S/C13H21N3O/c1-2-14-12-4-3-5-13(16-12)15-10-6-8-11(17)9-7-10/h3-5,10-11,17H,2,6-9H2,1H3,(H2,14,15,16). The lowest BCUT2D eigenvalue weighted by Crippen LogP contribution is -2.28. The van der Waals surface area contributed by atoms with Crippen molar-refractivity contribution in [2.24, 2.45) is 0 Å². The van der Waals surface area contributed by atoms with Gasteiger partial charge in [0, 0.05) is 12.6 Å². The third-order valence-electron chi connectivity index (χ3n) is 3.16. The molecule has 0 spiro atoms. The van der Waals surface area contributed by atoms with Gasteiger partial charge in [0.05, 0.1) is 6.10 Å². The molecule has 1 aliphatic carbocycles. The topological polar surface area (TPSA) is 57.2 Å². The highest BCUT2D eigenvalue weighted by molar-refractivity contribution is 5.45. The summed E-state index contributed by atoms with van der Waals surface area (Å²) in [5, 5.41) is 16.1. The highest BCUT2D eigenvalue weighted by atomic mass is 16.3. The number of hydrogen-bond acceptors (Lipinski definition) is 4. The van der Waals surface area contributed by atoms with Crippen LogP contribution in [0.1, 0.15) is 32.6 Å². The van der Waals surface area contributed by atoms with Crippen molar-refractivity contribution in [3.8, 4) is 0 Å². The molecule has 1 aromatic heterocycles. The second-order valence-electron chi connectivity index (χ2n) is 4.59. The molecule has 0 radical (unpaired) electrons. The van der Waals surface area contributed by atoms with E-state index in [0.29, 0.717) is 6.04 Å². The van der Waals surface area contributed by atoms with Crippen LogP contribution >= 0.6 is 0 Å². The number of nitrogens with one attached hydrogen (secondary N) is 2. The molecule has 0 saturated heterocycles. The minimum atomic E-state index is -0.103. The summed E-state index contributed by atoms with van der Waals surface area (Å²) in [6.07, 6.45) is 3.73. The van der Waals surface area contributed by atoms with Crippen LogP contribution in [0.2, 0.25) is 0 Å². The van der Waals surface area contributed by atoms with Crippen molar-refractivity contribution in [1.29, 1.82) is 0 Å². The molecule has 1 aliphatic rings. The smallest absolute Gasteiger partial charge is 0.128 e. The summed E-state index contributed by atoms with van der Waals surface area (Å²) in [6, 6.07) is 6.42. The molecular weight excluding hydrogens is 214 g/mol. The average Bonchev–Trinajstić information content (AvgIpc) is 2.33. The van der Waals surface area contributed by atoms with Crippen LogP contribution in [-0.2, 0) is 0 Å². The van der Waals surface area contributed by atoms with Crippen molar-refractivity contribution in [3.63, 3.8) is 0 Å². The van der Waals surface area contributed by atoms with Crippen molar-refractivity contribution in [1.82, 2.24) is 4.98 Å². The van der Waals surface area contributed by atoms with Crippen molar-refractivity contribution in [2.45, 2.75) is 44.8 Å². The molecule has 2 rings (SSSR count). The first-order chi connectivity index (χ1) is 8.28. The quantitative estimate of drug-likeness (QED) is 0.749. The van der Waals surface area contributed by atoms with E-state index in [4.69, 9.17) is 0 Å². The molecule has 1 heterocycles. The van der Waals surface area contributed by atoms with Gasteiger partial charge in [0.15, 0.2) is 0 Å². The van der Waals surface area contributed by atoms with Crippen LogP contribution in [0.3, 0.4) is 0 Å². The van der Waals surface area contributed by atoms with Crippen LogP contribution in [0.15, 0.2) is 18.2 Å². The van der Waals surface area contributed by atoms with Gasteiger partial charge in [0.1, 0.15) is 11.6 Å². The van der Waals surface area contributed by atoms with E-state index >= 15 is 0 Å². The largest absolute Gasteiger partial charge is 0.393 e. The second kappa shape index (κ2) is 5.87. The third-order valence-corrected chi connectivity index (χ3v) is 3.16. The van der Waals surface area contributed by atoms with Crippen molar-refractivity contribution >= 4 is 11.6 Å². The zero-order valence-electron chi connectivity index (χ0n) is 10.3. The van der Waals surface area contributed by atoms with Crippen molar-refractivity contribution in [2.75, 3.05) is 17.2 Å². The van der Waals surface area contributed by atoms with Gasteiger partial charge in [0.25, 0.3) is 0 Å². The van der Waals surface area contributed by atoms with E-state index in [2.05, 4.69) is 22.5 Å². The van der Waals surface area contributed by atoms with E-state index in [1.165, 1.54) is 0 Å². The van der Waals surface area contributed by atoms with Gasteiger partial charge < -0.3 is 15.7 Å². The number of aromatic nitrogens is 1. The van der Waals surface area contributed by atoms with Gasteiger partial charge in [-0.2, -0.15) is 0 Å². The van der Waals surface area contributed by atoms with Crippen LogP contribution in [0, 0.1) is 0 Å². The number of aliphatic hydroxyl groups excluding tert-OH is 1. The molecule has 0 unspecified atom stereocenters. The highest BCUT2D eigenvalue weighted by Crippen LogP contribution is 2.21. The lowest BCUT2D eigenvalue weighted by molar-refractivity contribution is 0.126. The molecule has 0 bridgehead atoms. The van der Waals surface area contributed by atoms with Crippen LogP contribution < -0.4 is 10.6 Å². The Hall–Kier alpha value is -1.29. The van der Waals surface area contributed by atoms with Crippen molar-refractivity contribution in [3.05, 3.63) is 18.2 Å². The molecule has 1 saturated carbocycles. The Morgan fingerprint density at radius 2 is 1.94 bits per heavy atom. The molecule has 0 amide bonds. The van der Waals surface area contributed by atoms with E-state index in [-0.39, 0.29) is 6.10 Å². The Morgan fingerprint density at radius 3 is 2.65 bits per heavy atom. The highest BCUT2D eigenvalue weighted by Gasteiger charge is 2.19. The summed E-state index contributed by atoms with van der Waals surface area (Å²) in [7, 11) is 0. The molecule has 1 aromatic rings. The fourth-order valence-corrected chi connectivity index (χ4v) is 2.22. The molecule has 94 valence electrons. The Bertz CT molecular complexity index is 348. The predicted octanol–water partition coefficient (Wildman–Crippen LogP) is 2.23. The predicted molar refractivity (Wildman–Crippen MR) is 70.3 cm³/mol. The molecule has 0 aromatic carbocycles. The fraction of sp³-hybridized carbons (Fsp3) is 0.615. The minimum Gasteiger partial charge on any atom is -0.393 e. The molecular formula is C13H21N3O. The Labute approximate surface area is 102 Å². The Balaban J connectivity index is 1.91.